The van der Waals surface area contributed by atoms with Crippen molar-refractivity contribution in [2.45, 2.75) is 24.5 Å². The number of carbonyl (C=O) groups is 2. The average molecular weight is 462 g/mol. The van der Waals surface area contributed by atoms with E-state index in [4.69, 9.17) is 4.74 Å². The zero-order valence-electron chi connectivity index (χ0n) is 19.1. The Kier molecular flexibility index (Phi) is 7.00. The summed E-state index contributed by atoms with van der Waals surface area (Å²) in [7, 11) is 1.99. The first-order valence-corrected chi connectivity index (χ1v) is 11.3. The van der Waals surface area contributed by atoms with Gasteiger partial charge in [0.1, 0.15) is 24.8 Å². The van der Waals surface area contributed by atoms with Gasteiger partial charge in [-0.1, -0.05) is 60.7 Å². The van der Waals surface area contributed by atoms with Crippen molar-refractivity contribution >= 4 is 17.7 Å². The molecule has 1 saturated heterocycles. The predicted molar refractivity (Wildman–Crippen MR) is 126 cm³/mol. The van der Waals surface area contributed by atoms with E-state index >= 15 is 0 Å². The van der Waals surface area contributed by atoms with Crippen LogP contribution in [0.2, 0.25) is 0 Å². The molecule has 1 aliphatic rings. The highest BCUT2D eigenvalue weighted by Crippen LogP contribution is 2.32. The third kappa shape index (κ3) is 4.98. The number of anilines is 1. The number of quaternary nitrogens is 1. The minimum absolute atomic E-state index is 0.0594. The van der Waals surface area contributed by atoms with Crippen LogP contribution < -0.4 is 5.32 Å². The van der Waals surface area contributed by atoms with E-state index in [9.17, 15) is 14.7 Å². The molecule has 2 heterocycles. The number of aromatic nitrogens is 2. The van der Waals surface area contributed by atoms with Gasteiger partial charge in [0.05, 0.1) is 13.6 Å². The summed E-state index contributed by atoms with van der Waals surface area (Å²) in [6.07, 6.45) is 4.68. The molecular weight excluding hydrogens is 432 g/mol. The Morgan fingerprint density at radius 2 is 1.74 bits per heavy atom. The molecule has 0 saturated carbocycles. The standard InChI is InChI=1S/C26H28N4O4/c1-30(17-24(31)29-23-14-15-27-19-28-23)16-8-13-22(30)18-34-25(32)26(33,20-9-4-2-5-10-20)21-11-6-3-7-12-21/h2-7,9-12,14-15,19,22,33H,8,13,16-18H2,1H3/p+1/t22?,30-/m1/s1. The van der Waals surface area contributed by atoms with Crippen LogP contribution in [-0.2, 0) is 19.9 Å². The molecule has 2 N–H and O–H groups in total. The Labute approximate surface area is 198 Å². The first-order chi connectivity index (χ1) is 16.4. The van der Waals surface area contributed by atoms with Gasteiger partial charge in [-0.3, -0.25) is 4.79 Å². The molecule has 0 aliphatic carbocycles. The number of esters is 1. The molecule has 2 aromatic carbocycles. The van der Waals surface area contributed by atoms with Gasteiger partial charge < -0.3 is 19.6 Å². The fourth-order valence-electron chi connectivity index (χ4n) is 4.57. The van der Waals surface area contributed by atoms with Crippen LogP contribution in [0.3, 0.4) is 0 Å². The second-order valence-corrected chi connectivity index (χ2v) is 8.84. The minimum atomic E-state index is -1.92. The molecule has 4 rings (SSSR count). The maximum absolute atomic E-state index is 13.3. The lowest BCUT2D eigenvalue weighted by Crippen LogP contribution is -2.54. The normalized spacial score (nSPS) is 20.0. The summed E-state index contributed by atoms with van der Waals surface area (Å²) < 4.78 is 6.18. The number of rotatable bonds is 8. The maximum Gasteiger partial charge on any atom is 0.347 e. The van der Waals surface area contributed by atoms with Crippen LogP contribution in [0.15, 0.2) is 79.3 Å². The van der Waals surface area contributed by atoms with Gasteiger partial charge in [0.25, 0.3) is 5.91 Å². The van der Waals surface area contributed by atoms with Crippen LogP contribution in [0.4, 0.5) is 5.82 Å². The zero-order valence-corrected chi connectivity index (χ0v) is 19.1. The topological polar surface area (TPSA) is 101 Å². The van der Waals surface area contributed by atoms with Gasteiger partial charge in [-0.25, -0.2) is 14.8 Å². The highest BCUT2D eigenvalue weighted by molar-refractivity contribution is 5.90. The number of ether oxygens (including phenoxy) is 1. The first kappa shape index (κ1) is 23.5. The Hall–Kier alpha value is -3.62. The number of likely N-dealkylation sites (tertiary alicyclic amines) is 1. The van der Waals surface area contributed by atoms with E-state index in [0.29, 0.717) is 21.4 Å². The maximum atomic E-state index is 13.3. The second-order valence-electron chi connectivity index (χ2n) is 8.84. The lowest BCUT2D eigenvalue weighted by atomic mass is 9.86. The quantitative estimate of drug-likeness (QED) is 0.395. The highest BCUT2D eigenvalue weighted by atomic mass is 16.6. The molecule has 2 atom stereocenters. The lowest BCUT2D eigenvalue weighted by molar-refractivity contribution is -0.913. The molecule has 1 fully saturated rings. The summed E-state index contributed by atoms with van der Waals surface area (Å²) in [6.45, 7) is 1.13. The zero-order chi connectivity index (χ0) is 24.0. The van der Waals surface area contributed by atoms with Crippen molar-refractivity contribution in [3.8, 4) is 0 Å². The fourth-order valence-corrected chi connectivity index (χ4v) is 4.57. The van der Waals surface area contributed by atoms with Crippen LogP contribution in [0.5, 0.6) is 0 Å². The number of likely N-dealkylation sites (N-methyl/N-ethyl adjacent to an activating group) is 1. The van der Waals surface area contributed by atoms with Crippen molar-refractivity contribution in [2.75, 3.05) is 32.1 Å². The van der Waals surface area contributed by atoms with Crippen molar-refractivity contribution in [1.29, 1.82) is 0 Å². The molecule has 1 amide bonds. The number of aliphatic hydroxyl groups is 1. The van der Waals surface area contributed by atoms with Gasteiger partial charge in [0.15, 0.2) is 6.54 Å². The van der Waals surface area contributed by atoms with Crippen LogP contribution in [0.1, 0.15) is 24.0 Å². The molecule has 1 aromatic heterocycles. The van der Waals surface area contributed by atoms with Crippen LogP contribution in [-0.4, -0.2) is 64.2 Å². The molecule has 3 aromatic rings. The fraction of sp³-hybridized carbons (Fsp3) is 0.308. The monoisotopic (exact) mass is 461 g/mol. The molecule has 0 spiro atoms. The van der Waals surface area contributed by atoms with Crippen LogP contribution in [0.25, 0.3) is 0 Å². The number of nitrogens with zero attached hydrogens (tertiary/aromatic N) is 3. The number of hydrogen-bond donors (Lipinski definition) is 2. The Morgan fingerprint density at radius 3 is 2.32 bits per heavy atom. The van der Waals surface area contributed by atoms with Crippen LogP contribution in [0, 0.1) is 0 Å². The number of hydrogen-bond acceptors (Lipinski definition) is 6. The molecule has 34 heavy (non-hydrogen) atoms. The third-order valence-electron chi connectivity index (χ3n) is 6.53. The van der Waals surface area contributed by atoms with E-state index in [1.54, 1.807) is 60.8 Å². The average Bonchev–Trinajstić information content (AvgIpc) is 3.23. The minimum Gasteiger partial charge on any atom is -0.457 e. The van der Waals surface area contributed by atoms with Gasteiger partial charge in [-0.15, -0.1) is 0 Å². The smallest absolute Gasteiger partial charge is 0.347 e. The second kappa shape index (κ2) is 10.1. The molecule has 1 unspecified atom stereocenters. The van der Waals surface area contributed by atoms with E-state index in [0.717, 1.165) is 19.4 Å². The summed E-state index contributed by atoms with van der Waals surface area (Å²) in [5, 5.41) is 14.4. The van der Waals surface area contributed by atoms with Gasteiger partial charge in [0, 0.05) is 19.0 Å². The summed E-state index contributed by atoms with van der Waals surface area (Å²) in [4.78, 5) is 33.9. The number of nitrogens with one attached hydrogen (secondary N) is 1. The summed E-state index contributed by atoms with van der Waals surface area (Å²) in [5.74, 6) is -0.442. The first-order valence-electron chi connectivity index (χ1n) is 11.3. The Morgan fingerprint density at radius 1 is 1.09 bits per heavy atom. The SMILES string of the molecule is C[N@+]1(CC(=O)Nc2ccncn2)CCCC1COC(=O)C(O)(c1ccccc1)c1ccccc1. The largest absolute Gasteiger partial charge is 0.457 e. The summed E-state index contributed by atoms with van der Waals surface area (Å²) in [5.41, 5.74) is -1.03. The molecule has 0 radical (unpaired) electrons. The van der Waals surface area contributed by atoms with E-state index in [-0.39, 0.29) is 25.1 Å². The van der Waals surface area contributed by atoms with Crippen molar-refractivity contribution in [3.05, 3.63) is 90.4 Å². The van der Waals surface area contributed by atoms with Crippen molar-refractivity contribution in [2.24, 2.45) is 0 Å². The Bertz CT molecular complexity index is 1070. The molecule has 8 nitrogen and oxygen atoms in total. The Balaban J connectivity index is 1.46. The van der Waals surface area contributed by atoms with Gasteiger partial charge >= 0.3 is 5.97 Å². The van der Waals surface area contributed by atoms with E-state index in [2.05, 4.69) is 15.3 Å². The lowest BCUT2D eigenvalue weighted by Gasteiger charge is -2.36. The molecule has 1 aliphatic heterocycles. The van der Waals surface area contributed by atoms with Crippen molar-refractivity contribution in [1.82, 2.24) is 9.97 Å². The number of benzene rings is 2. The van der Waals surface area contributed by atoms with Crippen molar-refractivity contribution < 1.29 is 23.9 Å². The molecule has 0 bridgehead atoms. The summed E-state index contributed by atoms with van der Waals surface area (Å²) in [6, 6.07) is 19.2. The third-order valence-corrected chi connectivity index (χ3v) is 6.53. The van der Waals surface area contributed by atoms with E-state index in [1.165, 1.54) is 6.33 Å². The van der Waals surface area contributed by atoms with Crippen molar-refractivity contribution in [3.63, 3.8) is 0 Å². The number of carbonyl (C=O) groups excluding carboxylic acids is 2. The molecular formula is C26H29N4O4+. The van der Waals surface area contributed by atoms with E-state index in [1.807, 2.05) is 19.2 Å². The van der Waals surface area contributed by atoms with Gasteiger partial charge in [-0.05, 0) is 17.2 Å². The van der Waals surface area contributed by atoms with Crippen LogP contribution >= 0.6 is 0 Å². The molecule has 176 valence electrons. The van der Waals surface area contributed by atoms with Gasteiger partial charge in [-0.2, -0.15) is 0 Å². The highest BCUT2D eigenvalue weighted by Gasteiger charge is 2.45. The molecule has 8 heteroatoms. The van der Waals surface area contributed by atoms with Gasteiger partial charge in [0.2, 0.25) is 5.60 Å². The van der Waals surface area contributed by atoms with E-state index < -0.39 is 11.6 Å². The number of amides is 1. The predicted octanol–water partition coefficient (Wildman–Crippen LogP) is 2.50. The summed E-state index contributed by atoms with van der Waals surface area (Å²) >= 11 is 0.